The Morgan fingerprint density at radius 2 is 2.24 bits per heavy atom. The van der Waals surface area contributed by atoms with E-state index in [1.165, 1.54) is 0 Å². The second-order valence-corrected chi connectivity index (χ2v) is 5.20. The number of nitrogens with zero attached hydrogens (tertiary/aromatic N) is 3. The predicted octanol–water partition coefficient (Wildman–Crippen LogP) is 2.22. The summed E-state index contributed by atoms with van der Waals surface area (Å²) >= 11 is 4.97. The highest BCUT2D eigenvalue weighted by Crippen LogP contribution is 2.16. The van der Waals surface area contributed by atoms with Crippen molar-refractivity contribution in [3.63, 3.8) is 0 Å². The summed E-state index contributed by atoms with van der Waals surface area (Å²) in [5.41, 5.74) is 0.381. The van der Waals surface area contributed by atoms with E-state index in [0.717, 1.165) is 16.4 Å². The first-order valence-corrected chi connectivity index (χ1v) is 6.91. The van der Waals surface area contributed by atoms with Gasteiger partial charge in [0.25, 0.3) is 5.56 Å². The topological polar surface area (TPSA) is 72.3 Å². The first-order valence-electron chi connectivity index (χ1n) is 6.51. The largest absolute Gasteiger partial charge is 0.493 e. The van der Waals surface area contributed by atoms with Crippen LogP contribution in [0.25, 0.3) is 0 Å². The first kappa shape index (κ1) is 15.1. The van der Waals surface area contributed by atoms with Gasteiger partial charge in [0.1, 0.15) is 11.9 Å². The molecule has 7 heteroatoms. The molecule has 0 bridgehead atoms. The highest BCUT2D eigenvalue weighted by atomic mass is 32.1. The molecule has 0 aliphatic heterocycles. The number of ether oxygens (including phenoxy) is 1. The molecular formula is C14H16N4O2S. The second kappa shape index (κ2) is 6.94. The van der Waals surface area contributed by atoms with Gasteiger partial charge in [0.05, 0.1) is 12.8 Å². The first-order chi connectivity index (χ1) is 10.1. The van der Waals surface area contributed by atoms with Crippen LogP contribution in [-0.4, -0.2) is 27.7 Å². The van der Waals surface area contributed by atoms with Crippen molar-refractivity contribution in [2.75, 3.05) is 6.61 Å². The van der Waals surface area contributed by atoms with Crippen molar-refractivity contribution in [1.82, 2.24) is 14.9 Å². The fraction of sp³-hybridized carbons (Fsp3) is 0.286. The van der Waals surface area contributed by atoms with Gasteiger partial charge in [-0.15, -0.1) is 0 Å². The summed E-state index contributed by atoms with van der Waals surface area (Å²) in [5, 5.41) is 10.2. The zero-order valence-corrected chi connectivity index (χ0v) is 12.6. The maximum Gasteiger partial charge on any atom is 0.293 e. The molecule has 1 heterocycles. The standard InChI is InChI=1S/C14H16N4O2S/c1-10(2)9-20-12-6-4-3-5-11(12)7-16-18-13(19)8-15-17-14(18)21/h3-8,10H,9H2,1-2H3,(H,17,21)/b16-7-. The SMILES string of the molecule is CC(C)COc1ccccc1/C=N\n1c(=O)cn[nH]c1=S. The number of hydrogen-bond donors (Lipinski definition) is 1. The third-order valence-electron chi connectivity index (χ3n) is 2.54. The number of hydrogen-bond acceptors (Lipinski definition) is 5. The van der Waals surface area contributed by atoms with Crippen LogP contribution >= 0.6 is 12.2 Å². The Hall–Kier alpha value is -2.28. The summed E-state index contributed by atoms with van der Waals surface area (Å²) in [6, 6.07) is 7.48. The monoisotopic (exact) mass is 304 g/mol. The van der Waals surface area contributed by atoms with Crippen LogP contribution in [0, 0.1) is 10.7 Å². The highest BCUT2D eigenvalue weighted by molar-refractivity contribution is 7.71. The lowest BCUT2D eigenvalue weighted by Gasteiger charge is -2.10. The van der Waals surface area contributed by atoms with Crippen LogP contribution in [0.15, 0.2) is 40.4 Å². The van der Waals surface area contributed by atoms with Crippen molar-refractivity contribution in [2.45, 2.75) is 13.8 Å². The van der Waals surface area contributed by atoms with E-state index in [9.17, 15) is 4.79 Å². The van der Waals surface area contributed by atoms with E-state index in [0.29, 0.717) is 18.3 Å². The Balaban J connectivity index is 2.29. The predicted molar refractivity (Wildman–Crippen MR) is 83.4 cm³/mol. The molecule has 110 valence electrons. The molecule has 1 aromatic carbocycles. The molecule has 0 fully saturated rings. The Morgan fingerprint density at radius 1 is 1.48 bits per heavy atom. The van der Waals surface area contributed by atoms with E-state index in [4.69, 9.17) is 17.0 Å². The van der Waals surface area contributed by atoms with Crippen molar-refractivity contribution in [1.29, 1.82) is 0 Å². The molecule has 1 N–H and O–H groups in total. The molecule has 0 spiro atoms. The van der Waals surface area contributed by atoms with Crippen molar-refractivity contribution >= 4 is 18.4 Å². The molecule has 6 nitrogen and oxygen atoms in total. The summed E-state index contributed by atoms with van der Waals surface area (Å²) in [7, 11) is 0. The molecule has 0 unspecified atom stereocenters. The minimum Gasteiger partial charge on any atom is -0.493 e. The molecule has 21 heavy (non-hydrogen) atoms. The van der Waals surface area contributed by atoms with Gasteiger partial charge < -0.3 is 4.74 Å². The third-order valence-corrected chi connectivity index (χ3v) is 2.80. The maximum absolute atomic E-state index is 11.6. The van der Waals surface area contributed by atoms with Crippen LogP contribution in [-0.2, 0) is 0 Å². The van der Waals surface area contributed by atoms with E-state index < -0.39 is 5.56 Å². The zero-order chi connectivity index (χ0) is 15.2. The molecular weight excluding hydrogens is 288 g/mol. The number of aromatic amines is 1. The molecule has 0 saturated heterocycles. The number of benzene rings is 1. The Kier molecular flexibility index (Phi) is 4.99. The van der Waals surface area contributed by atoms with Crippen molar-refractivity contribution < 1.29 is 4.74 Å². The van der Waals surface area contributed by atoms with Crippen LogP contribution in [0.5, 0.6) is 5.75 Å². The lowest BCUT2D eigenvalue weighted by Crippen LogP contribution is -2.18. The van der Waals surface area contributed by atoms with Gasteiger partial charge in [-0.25, -0.2) is 0 Å². The van der Waals surface area contributed by atoms with Crippen molar-refractivity contribution in [3.8, 4) is 5.75 Å². The Morgan fingerprint density at radius 3 is 2.95 bits per heavy atom. The summed E-state index contributed by atoms with van der Waals surface area (Å²) in [6.07, 6.45) is 2.66. The van der Waals surface area contributed by atoms with Gasteiger partial charge in [-0.05, 0) is 30.3 Å². The summed E-state index contributed by atoms with van der Waals surface area (Å²) in [5.74, 6) is 1.14. The minimum absolute atomic E-state index is 0.138. The van der Waals surface area contributed by atoms with E-state index in [-0.39, 0.29) is 4.77 Å². The number of aromatic nitrogens is 3. The quantitative estimate of drug-likeness (QED) is 0.679. The van der Waals surface area contributed by atoms with Gasteiger partial charge in [0.2, 0.25) is 4.77 Å². The molecule has 2 rings (SSSR count). The molecule has 0 aliphatic carbocycles. The fourth-order valence-corrected chi connectivity index (χ4v) is 1.74. The maximum atomic E-state index is 11.6. The van der Waals surface area contributed by atoms with Crippen molar-refractivity contribution in [3.05, 3.63) is 51.2 Å². The zero-order valence-electron chi connectivity index (χ0n) is 11.8. The average Bonchev–Trinajstić information content (AvgIpc) is 2.45. The number of para-hydroxylation sites is 1. The van der Waals surface area contributed by atoms with Gasteiger partial charge in [-0.3, -0.25) is 9.89 Å². The minimum atomic E-state index is -0.393. The van der Waals surface area contributed by atoms with Gasteiger partial charge in [0.15, 0.2) is 0 Å². The van der Waals surface area contributed by atoms with E-state index in [1.807, 2.05) is 24.3 Å². The van der Waals surface area contributed by atoms with Gasteiger partial charge in [-0.2, -0.15) is 14.9 Å². The number of nitrogens with one attached hydrogen (secondary N) is 1. The van der Waals surface area contributed by atoms with Gasteiger partial charge >= 0.3 is 0 Å². The van der Waals surface area contributed by atoms with Crippen LogP contribution in [0.2, 0.25) is 0 Å². The van der Waals surface area contributed by atoms with E-state index >= 15 is 0 Å². The molecule has 0 atom stereocenters. The lowest BCUT2D eigenvalue weighted by atomic mass is 10.2. The Bertz CT molecular complexity index is 721. The van der Waals surface area contributed by atoms with Crippen LogP contribution in [0.3, 0.4) is 0 Å². The molecule has 0 saturated carbocycles. The highest BCUT2D eigenvalue weighted by Gasteiger charge is 2.02. The smallest absolute Gasteiger partial charge is 0.293 e. The van der Waals surface area contributed by atoms with Crippen molar-refractivity contribution in [2.24, 2.45) is 11.0 Å². The fourth-order valence-electron chi connectivity index (χ4n) is 1.55. The normalized spacial score (nSPS) is 11.2. The third kappa shape index (κ3) is 4.09. The van der Waals surface area contributed by atoms with Gasteiger partial charge in [0, 0.05) is 5.56 Å². The Labute approximate surface area is 127 Å². The molecule has 0 amide bonds. The second-order valence-electron chi connectivity index (χ2n) is 4.81. The van der Waals surface area contributed by atoms with Gasteiger partial charge in [-0.1, -0.05) is 26.0 Å². The molecule has 0 radical (unpaired) electrons. The summed E-state index contributed by atoms with van der Waals surface area (Å²) in [4.78, 5) is 11.6. The van der Waals surface area contributed by atoms with Crippen LogP contribution in [0.1, 0.15) is 19.4 Å². The summed E-state index contributed by atoms with van der Waals surface area (Å²) < 4.78 is 6.93. The lowest BCUT2D eigenvalue weighted by molar-refractivity contribution is 0.270. The summed E-state index contributed by atoms with van der Waals surface area (Å²) in [6.45, 7) is 4.76. The number of rotatable bonds is 5. The van der Waals surface area contributed by atoms with E-state index in [1.54, 1.807) is 6.21 Å². The molecule has 1 aromatic heterocycles. The van der Waals surface area contributed by atoms with Crippen LogP contribution < -0.4 is 10.3 Å². The molecule has 0 aliphatic rings. The average molecular weight is 304 g/mol. The molecule has 2 aromatic rings. The number of H-pyrrole nitrogens is 1. The van der Waals surface area contributed by atoms with E-state index in [2.05, 4.69) is 29.1 Å². The van der Waals surface area contributed by atoms with Crippen LogP contribution in [0.4, 0.5) is 0 Å².